The van der Waals surface area contributed by atoms with E-state index in [9.17, 15) is 4.79 Å². The molecule has 1 heterocycles. The van der Waals surface area contributed by atoms with E-state index < -0.39 is 0 Å². The summed E-state index contributed by atoms with van der Waals surface area (Å²) in [5.41, 5.74) is 0.727. The van der Waals surface area contributed by atoms with Gasteiger partial charge < -0.3 is 14.4 Å². The van der Waals surface area contributed by atoms with Crippen LogP contribution in [-0.4, -0.2) is 43.7 Å². The van der Waals surface area contributed by atoms with E-state index in [2.05, 4.69) is 38.7 Å². The van der Waals surface area contributed by atoms with Gasteiger partial charge in [0.25, 0.3) is 5.91 Å². The van der Waals surface area contributed by atoms with Gasteiger partial charge in [0.05, 0.1) is 18.8 Å². The highest BCUT2D eigenvalue weighted by Crippen LogP contribution is 2.28. The molecule has 0 aliphatic carbocycles. The molecule has 1 aliphatic heterocycles. The first kappa shape index (κ1) is 18.3. The molecule has 0 spiro atoms. The summed E-state index contributed by atoms with van der Waals surface area (Å²) < 4.78 is 11.2. The highest BCUT2D eigenvalue weighted by molar-refractivity contribution is 5.90. The molecule has 0 radical (unpaired) electrons. The number of ether oxygens (including phenoxy) is 2. The Morgan fingerprint density at radius 2 is 1.88 bits per heavy atom. The third-order valence-corrected chi connectivity index (χ3v) is 4.17. The van der Waals surface area contributed by atoms with Crippen LogP contribution in [0.3, 0.4) is 0 Å². The molecule has 0 aromatic heterocycles. The fraction of sp³-hybridized carbons (Fsp3) is 0.409. The SMILES string of the molecule is CC(C)(C)C#Cc1c(OCC(=O)N2CCOCC2)ccc2ccccc12. The van der Waals surface area contributed by atoms with E-state index in [1.807, 2.05) is 30.3 Å². The Bertz CT molecular complexity index is 849. The molecule has 1 aliphatic rings. The van der Waals surface area contributed by atoms with E-state index in [0.29, 0.717) is 32.1 Å². The standard InChI is InChI=1S/C22H25NO3/c1-22(2,3)11-10-19-18-7-5-4-6-17(18)8-9-20(19)26-16-21(24)23-12-14-25-15-13-23/h4-9H,12-16H2,1-3H3. The fourth-order valence-corrected chi connectivity index (χ4v) is 2.79. The average Bonchev–Trinajstić information content (AvgIpc) is 2.64. The summed E-state index contributed by atoms with van der Waals surface area (Å²) in [6, 6.07) is 12.0. The summed E-state index contributed by atoms with van der Waals surface area (Å²) in [5, 5.41) is 2.15. The number of rotatable bonds is 3. The maximum Gasteiger partial charge on any atom is 0.260 e. The second-order valence-corrected chi connectivity index (χ2v) is 7.44. The molecule has 0 bridgehead atoms. The van der Waals surface area contributed by atoms with Crippen LogP contribution >= 0.6 is 0 Å². The van der Waals surface area contributed by atoms with E-state index >= 15 is 0 Å². The van der Waals surface area contributed by atoms with E-state index in [0.717, 1.165) is 16.3 Å². The Balaban J connectivity index is 1.86. The smallest absolute Gasteiger partial charge is 0.260 e. The molecule has 2 aromatic rings. The van der Waals surface area contributed by atoms with Crippen LogP contribution in [0.4, 0.5) is 0 Å². The zero-order chi connectivity index (χ0) is 18.6. The topological polar surface area (TPSA) is 38.8 Å². The molecule has 0 saturated carbocycles. The molecule has 4 heteroatoms. The van der Waals surface area contributed by atoms with Crippen LogP contribution < -0.4 is 4.74 Å². The van der Waals surface area contributed by atoms with Gasteiger partial charge in [-0.25, -0.2) is 0 Å². The van der Waals surface area contributed by atoms with Crippen LogP contribution in [0.15, 0.2) is 36.4 Å². The first-order chi connectivity index (χ1) is 12.4. The lowest BCUT2D eigenvalue weighted by Gasteiger charge is -2.26. The van der Waals surface area contributed by atoms with Crippen molar-refractivity contribution in [1.29, 1.82) is 0 Å². The lowest BCUT2D eigenvalue weighted by Crippen LogP contribution is -2.43. The fourth-order valence-electron chi connectivity index (χ4n) is 2.79. The minimum absolute atomic E-state index is 0.0164. The van der Waals surface area contributed by atoms with Crippen LogP contribution in [0.2, 0.25) is 0 Å². The predicted molar refractivity (Wildman–Crippen MR) is 103 cm³/mol. The van der Waals surface area contributed by atoms with Crippen LogP contribution in [-0.2, 0) is 9.53 Å². The Labute approximate surface area is 155 Å². The summed E-state index contributed by atoms with van der Waals surface area (Å²) in [6.45, 7) is 8.67. The Hall–Kier alpha value is -2.51. The van der Waals surface area contributed by atoms with Gasteiger partial charge in [-0.2, -0.15) is 0 Å². The first-order valence-corrected chi connectivity index (χ1v) is 8.97. The van der Waals surface area contributed by atoms with Crippen LogP contribution in [0, 0.1) is 17.3 Å². The molecule has 2 aromatic carbocycles. The molecule has 0 atom stereocenters. The number of amides is 1. The van der Waals surface area contributed by atoms with E-state index in [1.54, 1.807) is 4.90 Å². The van der Waals surface area contributed by atoms with E-state index in [1.165, 1.54) is 0 Å². The highest BCUT2D eigenvalue weighted by atomic mass is 16.5. The van der Waals surface area contributed by atoms with Crippen molar-refractivity contribution in [2.75, 3.05) is 32.9 Å². The van der Waals surface area contributed by atoms with Gasteiger partial charge in [0.2, 0.25) is 0 Å². The van der Waals surface area contributed by atoms with Crippen molar-refractivity contribution >= 4 is 16.7 Å². The molecule has 1 amide bonds. The minimum Gasteiger partial charge on any atom is -0.482 e. The van der Waals surface area contributed by atoms with E-state index in [4.69, 9.17) is 9.47 Å². The second-order valence-electron chi connectivity index (χ2n) is 7.44. The average molecular weight is 351 g/mol. The predicted octanol–water partition coefficient (Wildman–Crippen LogP) is 3.48. The van der Waals surface area contributed by atoms with E-state index in [-0.39, 0.29) is 17.9 Å². The normalized spacial score (nSPS) is 14.7. The molecule has 0 unspecified atom stereocenters. The molecular formula is C22H25NO3. The van der Waals surface area contributed by atoms with Crippen molar-refractivity contribution in [3.8, 4) is 17.6 Å². The number of carbonyl (C=O) groups excluding carboxylic acids is 1. The van der Waals surface area contributed by atoms with Gasteiger partial charge in [-0.15, -0.1) is 0 Å². The lowest BCUT2D eigenvalue weighted by atomic mass is 9.96. The number of nitrogens with zero attached hydrogens (tertiary/aromatic N) is 1. The zero-order valence-corrected chi connectivity index (χ0v) is 15.7. The third-order valence-electron chi connectivity index (χ3n) is 4.17. The molecule has 1 saturated heterocycles. The van der Waals surface area contributed by atoms with Crippen molar-refractivity contribution in [1.82, 2.24) is 4.90 Å². The van der Waals surface area contributed by atoms with Gasteiger partial charge in [-0.3, -0.25) is 4.79 Å². The maximum atomic E-state index is 12.4. The van der Waals surface area contributed by atoms with Crippen molar-refractivity contribution in [3.05, 3.63) is 42.0 Å². The molecule has 0 N–H and O–H groups in total. The summed E-state index contributed by atoms with van der Waals surface area (Å²) in [7, 11) is 0. The summed E-state index contributed by atoms with van der Waals surface area (Å²) >= 11 is 0. The Morgan fingerprint density at radius 1 is 1.15 bits per heavy atom. The van der Waals surface area contributed by atoms with Crippen molar-refractivity contribution < 1.29 is 14.3 Å². The van der Waals surface area contributed by atoms with Gasteiger partial charge in [-0.1, -0.05) is 42.2 Å². The minimum atomic E-state index is -0.113. The summed E-state index contributed by atoms with van der Waals surface area (Å²) in [4.78, 5) is 14.2. The van der Waals surface area contributed by atoms with Crippen molar-refractivity contribution in [3.63, 3.8) is 0 Å². The zero-order valence-electron chi connectivity index (χ0n) is 15.7. The third kappa shape index (κ3) is 4.56. The first-order valence-electron chi connectivity index (χ1n) is 8.97. The van der Waals surface area contributed by atoms with Crippen molar-refractivity contribution in [2.24, 2.45) is 5.41 Å². The Kier molecular flexibility index (Phi) is 5.49. The Morgan fingerprint density at radius 3 is 2.62 bits per heavy atom. The molecular weight excluding hydrogens is 326 g/mol. The second kappa shape index (κ2) is 7.80. The van der Waals surface area contributed by atoms with Crippen LogP contribution in [0.1, 0.15) is 26.3 Å². The number of morpholine rings is 1. The molecule has 3 rings (SSSR count). The van der Waals surface area contributed by atoms with Gasteiger partial charge >= 0.3 is 0 Å². The van der Waals surface area contributed by atoms with Crippen molar-refractivity contribution in [2.45, 2.75) is 20.8 Å². The quantitative estimate of drug-likeness (QED) is 0.795. The van der Waals surface area contributed by atoms with Crippen LogP contribution in [0.25, 0.3) is 10.8 Å². The van der Waals surface area contributed by atoms with Gasteiger partial charge in [0.1, 0.15) is 5.75 Å². The maximum absolute atomic E-state index is 12.4. The molecule has 1 fully saturated rings. The summed E-state index contributed by atoms with van der Waals surface area (Å²) in [5.74, 6) is 7.20. The lowest BCUT2D eigenvalue weighted by molar-refractivity contribution is -0.137. The number of benzene rings is 2. The monoisotopic (exact) mass is 351 g/mol. The van der Waals surface area contributed by atoms with Gasteiger partial charge in [0, 0.05) is 23.9 Å². The van der Waals surface area contributed by atoms with Gasteiger partial charge in [-0.05, 0) is 32.2 Å². The molecule has 26 heavy (non-hydrogen) atoms. The van der Waals surface area contributed by atoms with Crippen LogP contribution in [0.5, 0.6) is 5.75 Å². The van der Waals surface area contributed by atoms with Gasteiger partial charge in [0.15, 0.2) is 6.61 Å². The largest absolute Gasteiger partial charge is 0.482 e. The number of fused-ring (bicyclic) bond motifs is 1. The molecule has 4 nitrogen and oxygen atoms in total. The summed E-state index contributed by atoms with van der Waals surface area (Å²) in [6.07, 6.45) is 0. The highest BCUT2D eigenvalue weighted by Gasteiger charge is 2.18. The number of hydrogen-bond donors (Lipinski definition) is 0. The number of carbonyl (C=O) groups is 1. The molecule has 136 valence electrons. The number of hydrogen-bond acceptors (Lipinski definition) is 3.